The molecule has 3 heterocycles. The molecular formula is C45H72O18. The first-order chi connectivity index (χ1) is 29.7. The van der Waals surface area contributed by atoms with Crippen molar-refractivity contribution in [3.05, 3.63) is 11.6 Å². The van der Waals surface area contributed by atoms with E-state index in [0.717, 1.165) is 12.8 Å². The number of fused-ring (bicyclic) bond motifs is 5. The van der Waals surface area contributed by atoms with E-state index in [0.29, 0.717) is 38.5 Å². The molecule has 0 aromatic rings. The van der Waals surface area contributed by atoms with Gasteiger partial charge in [0.25, 0.3) is 0 Å². The summed E-state index contributed by atoms with van der Waals surface area (Å²) in [4.78, 5) is 26.8. The summed E-state index contributed by atoms with van der Waals surface area (Å²) in [6.07, 6.45) is -12.6. The third-order valence-corrected chi connectivity index (χ3v) is 16.4. The number of esters is 1. The lowest BCUT2D eigenvalue weighted by Gasteiger charge is -2.59. The van der Waals surface area contributed by atoms with Crippen LogP contribution in [0.2, 0.25) is 0 Å². The fourth-order valence-electron chi connectivity index (χ4n) is 12.5. The fraction of sp³-hybridized carbons (Fsp3) is 0.911. The highest BCUT2D eigenvalue weighted by Gasteiger charge is 2.71. The number of hydrogen-bond donors (Lipinski definition) is 9. The molecule has 18 nitrogen and oxygen atoms in total. The molecule has 0 aromatic heterocycles. The predicted octanol–water partition coefficient (Wildman–Crippen LogP) is -0.0250. The number of carbonyl (C=O) groups excluding carboxylic acids is 2. The molecule has 63 heavy (non-hydrogen) atoms. The van der Waals surface area contributed by atoms with E-state index in [1.807, 2.05) is 13.8 Å². The van der Waals surface area contributed by atoms with Crippen molar-refractivity contribution >= 4 is 11.8 Å². The van der Waals surface area contributed by atoms with Gasteiger partial charge in [0.15, 0.2) is 25.0 Å². The molecular weight excluding hydrogens is 828 g/mol. The Morgan fingerprint density at radius 3 is 2.17 bits per heavy atom. The maximum absolute atomic E-state index is 14.2. The van der Waals surface area contributed by atoms with Gasteiger partial charge in [-0.05, 0) is 80.5 Å². The van der Waals surface area contributed by atoms with Crippen molar-refractivity contribution < 1.29 is 88.7 Å². The number of carbonyl (C=O) groups is 2. The Labute approximate surface area is 368 Å². The smallest absolute Gasteiger partial charge is 0.303 e. The molecule has 0 unspecified atom stereocenters. The van der Waals surface area contributed by atoms with E-state index in [-0.39, 0.29) is 60.6 Å². The molecule has 7 rings (SSSR count). The lowest BCUT2D eigenvalue weighted by atomic mass is 9.46. The number of ketones is 1. The van der Waals surface area contributed by atoms with E-state index in [1.54, 1.807) is 6.92 Å². The molecule has 18 heteroatoms. The first-order valence-electron chi connectivity index (χ1n) is 23.0. The van der Waals surface area contributed by atoms with E-state index in [1.165, 1.54) is 12.5 Å². The average Bonchev–Trinajstić information content (AvgIpc) is 3.47. The van der Waals surface area contributed by atoms with Crippen LogP contribution in [0.25, 0.3) is 0 Å². The quantitative estimate of drug-likeness (QED) is 0.0867. The van der Waals surface area contributed by atoms with Crippen LogP contribution in [0, 0.1) is 40.4 Å². The van der Waals surface area contributed by atoms with Crippen molar-refractivity contribution in [1.82, 2.24) is 0 Å². The summed E-state index contributed by atoms with van der Waals surface area (Å²) >= 11 is 0. The summed E-state index contributed by atoms with van der Waals surface area (Å²) in [5.41, 5.74) is -1.55. The molecule has 0 radical (unpaired) electrons. The van der Waals surface area contributed by atoms with Gasteiger partial charge in [-0.1, -0.05) is 46.3 Å². The second kappa shape index (κ2) is 19.1. The lowest BCUT2D eigenvalue weighted by Crippen LogP contribution is -2.64. The number of aliphatic hydroxyl groups excluding tert-OH is 8. The second-order valence-electron chi connectivity index (χ2n) is 20.4. The highest BCUT2D eigenvalue weighted by Crippen LogP contribution is 2.69. The maximum atomic E-state index is 14.2. The number of Topliss-reactive ketones (excluding diaryl/α,β-unsaturated/α-hetero) is 1. The van der Waals surface area contributed by atoms with E-state index < -0.39 is 116 Å². The Morgan fingerprint density at radius 2 is 1.49 bits per heavy atom. The maximum Gasteiger partial charge on any atom is 0.303 e. The monoisotopic (exact) mass is 900 g/mol. The summed E-state index contributed by atoms with van der Waals surface area (Å²) in [7, 11) is 0. The van der Waals surface area contributed by atoms with E-state index in [4.69, 9.17) is 33.2 Å². The van der Waals surface area contributed by atoms with Gasteiger partial charge >= 0.3 is 5.97 Å². The van der Waals surface area contributed by atoms with E-state index in [2.05, 4.69) is 19.9 Å². The van der Waals surface area contributed by atoms with Crippen molar-refractivity contribution in [2.75, 3.05) is 19.8 Å². The molecule has 3 saturated carbocycles. The third kappa shape index (κ3) is 8.95. The van der Waals surface area contributed by atoms with Crippen molar-refractivity contribution in [3.8, 4) is 0 Å². The molecule has 6 fully saturated rings. The minimum atomic E-state index is -1.71. The number of ether oxygens (including phenoxy) is 7. The first kappa shape index (κ1) is 49.2. The van der Waals surface area contributed by atoms with Crippen molar-refractivity contribution in [2.24, 2.45) is 40.4 Å². The number of hydrogen-bond acceptors (Lipinski definition) is 18. The van der Waals surface area contributed by atoms with Crippen LogP contribution < -0.4 is 0 Å². The Hall–Kier alpha value is -1.72. The molecule has 9 N–H and O–H groups in total. The Kier molecular flexibility index (Phi) is 14.9. The molecule has 4 aliphatic carbocycles. The van der Waals surface area contributed by atoms with Gasteiger partial charge < -0.3 is 79.1 Å². The van der Waals surface area contributed by atoms with Crippen LogP contribution in [0.4, 0.5) is 0 Å². The molecule has 3 aliphatic heterocycles. The van der Waals surface area contributed by atoms with Gasteiger partial charge in [0.2, 0.25) is 0 Å². The van der Waals surface area contributed by atoms with Gasteiger partial charge in [0.05, 0.1) is 32.0 Å². The van der Waals surface area contributed by atoms with Gasteiger partial charge in [-0.25, -0.2) is 0 Å². The summed E-state index contributed by atoms with van der Waals surface area (Å²) in [6, 6.07) is 0. The normalized spacial score (nSPS) is 49.3. The molecule has 0 spiro atoms. The highest BCUT2D eigenvalue weighted by atomic mass is 16.7. The Morgan fingerprint density at radius 1 is 0.810 bits per heavy atom. The zero-order chi connectivity index (χ0) is 45.9. The number of aliphatic hydroxyl groups is 9. The van der Waals surface area contributed by atoms with Crippen LogP contribution in [0.3, 0.4) is 0 Å². The van der Waals surface area contributed by atoms with Crippen LogP contribution >= 0.6 is 0 Å². The molecule has 0 amide bonds. The molecule has 360 valence electrons. The standard InChI is InChI=1S/C45H72O18/c1-20(2)7-10-28(48)21(3)45(56)32(62-42-39(59-22(4)47)38(30(50)19-58-42)63-40-36(54)33(51)29(49)18-57-40)16-27-25-9-8-23-15-24(11-13-43(23,5)26(25)12-14-44(27,45)6)60-41-37(55)35(53)34(52)31(17-46)61-41/h8,20-21,24-27,29-42,46,49-56H,7,9-19H2,1-6H3/t21-,24+,25-,26+,27+,29-,30+,31-,32+,33+,34-,35+,36-,37-,38+,39-,40+,41-,42+,43+,44+,45-/m1/s1. The van der Waals surface area contributed by atoms with Gasteiger partial charge in [-0.2, -0.15) is 0 Å². The third-order valence-electron chi connectivity index (χ3n) is 16.4. The zero-order valence-corrected chi connectivity index (χ0v) is 37.3. The van der Waals surface area contributed by atoms with Gasteiger partial charge in [-0.3, -0.25) is 9.59 Å². The van der Waals surface area contributed by atoms with Crippen molar-refractivity contribution in [2.45, 2.75) is 197 Å². The van der Waals surface area contributed by atoms with Crippen LogP contribution in [0.5, 0.6) is 0 Å². The molecule has 0 bridgehead atoms. The fourth-order valence-corrected chi connectivity index (χ4v) is 12.5. The molecule has 22 atom stereocenters. The van der Waals surface area contributed by atoms with Crippen LogP contribution in [0.15, 0.2) is 11.6 Å². The minimum absolute atomic E-state index is 0.0830. The average molecular weight is 901 g/mol. The van der Waals surface area contributed by atoms with E-state index >= 15 is 0 Å². The van der Waals surface area contributed by atoms with Crippen molar-refractivity contribution in [3.63, 3.8) is 0 Å². The second-order valence-corrected chi connectivity index (χ2v) is 20.4. The van der Waals surface area contributed by atoms with Crippen molar-refractivity contribution in [1.29, 1.82) is 0 Å². The Balaban J connectivity index is 1.15. The van der Waals surface area contributed by atoms with Gasteiger partial charge in [0.1, 0.15) is 66.3 Å². The summed E-state index contributed by atoms with van der Waals surface area (Å²) < 4.78 is 41.9. The summed E-state index contributed by atoms with van der Waals surface area (Å²) in [5.74, 6) is -1.31. The Bertz CT molecular complexity index is 1640. The van der Waals surface area contributed by atoms with Gasteiger partial charge in [0, 0.05) is 24.7 Å². The van der Waals surface area contributed by atoms with Crippen LogP contribution in [0.1, 0.15) is 99.3 Å². The van der Waals surface area contributed by atoms with Crippen LogP contribution in [-0.4, -0.2) is 175 Å². The number of rotatable bonds is 13. The molecule has 7 aliphatic rings. The van der Waals surface area contributed by atoms with Gasteiger partial charge in [-0.15, -0.1) is 0 Å². The SMILES string of the molecule is CC(=O)O[C@H]1[C@H](O[C@H]2C[C@H]3[C@@H]4CC=C5C[C@@H](O[C@@H]6O[C@H](CO)[C@@H](O)[C@H](O)[C@H]6O)CC[C@]5(C)[C@H]4CC[C@]3(C)[C@@]2(O)[C@H](C)C(=O)CCC(C)C)OC[C@H](O)[C@@H]1O[C@@H]1OC[C@@H](O)[C@H](O)[C@H]1O. The first-order valence-corrected chi connectivity index (χ1v) is 23.0. The molecule has 0 aromatic carbocycles. The number of allylic oxidation sites excluding steroid dienone is 1. The lowest BCUT2D eigenvalue weighted by molar-refractivity contribution is -0.345. The highest BCUT2D eigenvalue weighted by molar-refractivity contribution is 5.82. The van der Waals surface area contributed by atoms with Crippen LogP contribution in [-0.2, 0) is 42.7 Å². The summed E-state index contributed by atoms with van der Waals surface area (Å²) in [5, 5.41) is 96.6. The van der Waals surface area contributed by atoms with E-state index in [9.17, 15) is 55.5 Å². The molecule has 3 saturated heterocycles. The topological polar surface area (TPSA) is 281 Å². The zero-order valence-electron chi connectivity index (χ0n) is 37.3. The largest absolute Gasteiger partial charge is 0.454 e. The predicted molar refractivity (Wildman–Crippen MR) is 218 cm³/mol. The summed E-state index contributed by atoms with van der Waals surface area (Å²) in [6.45, 7) is 10.1. The minimum Gasteiger partial charge on any atom is -0.454 e.